The van der Waals surface area contributed by atoms with Crippen LogP contribution in [0.5, 0.6) is 0 Å². The average molecular weight is 356 g/mol. The molecule has 3 heteroatoms. The third kappa shape index (κ3) is 3.63. The average Bonchev–Trinajstić information content (AvgIpc) is 2.98. The summed E-state index contributed by atoms with van der Waals surface area (Å²) in [5.41, 5.74) is 7.78. The van der Waals surface area contributed by atoms with Gasteiger partial charge in [-0.05, 0) is 43.4 Å². The van der Waals surface area contributed by atoms with Crippen LogP contribution in [0.15, 0.2) is 59.0 Å². The highest BCUT2D eigenvalue weighted by atomic mass is 16.3. The van der Waals surface area contributed by atoms with Gasteiger partial charge >= 0.3 is 0 Å². The van der Waals surface area contributed by atoms with Gasteiger partial charge in [0.15, 0.2) is 5.58 Å². The quantitative estimate of drug-likeness (QED) is 0.468. The second-order valence-corrected chi connectivity index (χ2v) is 7.06. The number of aryl methyl sites for hydroxylation is 3. The minimum Gasteiger partial charge on any atom is -0.457 e. The molecule has 2 heterocycles. The van der Waals surface area contributed by atoms with Crippen LogP contribution in [0.1, 0.15) is 46.5 Å². The number of aromatic nitrogens is 2. The first kappa shape index (κ1) is 17.5. The zero-order chi connectivity index (χ0) is 18.8. The second-order valence-electron chi connectivity index (χ2n) is 7.06. The molecule has 0 aliphatic rings. The molecule has 0 amide bonds. The highest BCUT2D eigenvalue weighted by Gasteiger charge is 2.15. The van der Waals surface area contributed by atoms with Gasteiger partial charge < -0.3 is 4.42 Å². The summed E-state index contributed by atoms with van der Waals surface area (Å²) < 4.78 is 5.87. The third-order valence-corrected chi connectivity index (χ3v) is 5.09. The largest absolute Gasteiger partial charge is 0.457 e. The second kappa shape index (κ2) is 7.36. The Kier molecular flexibility index (Phi) is 4.76. The van der Waals surface area contributed by atoms with E-state index in [4.69, 9.17) is 14.4 Å². The molecule has 136 valence electrons. The first-order valence-corrected chi connectivity index (χ1v) is 9.51. The number of nitrogens with zero attached hydrogens (tertiary/aromatic N) is 2. The summed E-state index contributed by atoms with van der Waals surface area (Å²) in [6.45, 7) is 6.16. The molecule has 4 aromatic rings. The van der Waals surface area contributed by atoms with Crippen LogP contribution in [0.2, 0.25) is 0 Å². The van der Waals surface area contributed by atoms with E-state index in [0.29, 0.717) is 0 Å². The van der Waals surface area contributed by atoms with E-state index in [1.54, 1.807) is 0 Å². The molecule has 0 saturated heterocycles. The molecule has 2 aromatic carbocycles. The van der Waals surface area contributed by atoms with Crippen molar-refractivity contribution in [1.29, 1.82) is 0 Å². The fourth-order valence-corrected chi connectivity index (χ4v) is 3.41. The zero-order valence-electron chi connectivity index (χ0n) is 16.1. The van der Waals surface area contributed by atoms with Crippen LogP contribution in [-0.2, 0) is 19.3 Å². The fourth-order valence-electron chi connectivity index (χ4n) is 3.41. The lowest BCUT2D eigenvalue weighted by molar-refractivity contribution is 0.568. The van der Waals surface area contributed by atoms with Gasteiger partial charge in [-0.3, -0.25) is 0 Å². The van der Waals surface area contributed by atoms with E-state index in [1.807, 2.05) is 6.92 Å². The Morgan fingerprint density at radius 3 is 2.07 bits per heavy atom. The van der Waals surface area contributed by atoms with Crippen molar-refractivity contribution in [2.24, 2.45) is 0 Å². The maximum Gasteiger partial charge on any atom is 0.174 e. The molecule has 0 saturated carbocycles. The molecule has 0 aliphatic heterocycles. The Morgan fingerprint density at radius 2 is 1.41 bits per heavy atom. The minimum absolute atomic E-state index is 0.734. The summed E-state index contributed by atoms with van der Waals surface area (Å²) in [6, 6.07) is 19.3. The molecule has 0 spiro atoms. The van der Waals surface area contributed by atoms with Crippen molar-refractivity contribution in [3.8, 4) is 0 Å². The van der Waals surface area contributed by atoms with Gasteiger partial charge in [-0.2, -0.15) is 0 Å². The van der Waals surface area contributed by atoms with Crippen LogP contribution in [-0.4, -0.2) is 9.97 Å². The lowest BCUT2D eigenvalue weighted by Gasteiger charge is -2.06. The van der Waals surface area contributed by atoms with E-state index >= 15 is 0 Å². The Bertz CT molecular complexity index is 1060. The predicted octanol–water partition coefficient (Wildman–Crippen LogP) is 5.58. The maximum absolute atomic E-state index is 5.87. The van der Waals surface area contributed by atoms with E-state index in [9.17, 15) is 0 Å². The van der Waals surface area contributed by atoms with Gasteiger partial charge in [0.05, 0.1) is 5.69 Å². The summed E-state index contributed by atoms with van der Waals surface area (Å²) in [5.74, 6) is 1.79. The SMILES string of the molecule is CCc1nc(Cc2ccc(Cc3ccccc3)cc2)nc2c(C)c(C)oc12. The van der Waals surface area contributed by atoms with Gasteiger partial charge in [0.2, 0.25) is 0 Å². The summed E-state index contributed by atoms with van der Waals surface area (Å²) >= 11 is 0. The van der Waals surface area contributed by atoms with Crippen molar-refractivity contribution in [2.45, 2.75) is 40.0 Å². The molecule has 0 bridgehead atoms. The number of furan rings is 1. The molecule has 3 nitrogen and oxygen atoms in total. The molecule has 0 radical (unpaired) electrons. The lowest BCUT2D eigenvalue weighted by Crippen LogP contribution is -2.01. The number of hydrogen-bond donors (Lipinski definition) is 0. The van der Waals surface area contributed by atoms with Gasteiger partial charge in [0.25, 0.3) is 0 Å². The van der Waals surface area contributed by atoms with E-state index < -0.39 is 0 Å². The Morgan fingerprint density at radius 1 is 0.778 bits per heavy atom. The van der Waals surface area contributed by atoms with Crippen molar-refractivity contribution in [2.75, 3.05) is 0 Å². The number of benzene rings is 2. The van der Waals surface area contributed by atoms with Crippen LogP contribution in [0.4, 0.5) is 0 Å². The maximum atomic E-state index is 5.87. The first-order chi connectivity index (χ1) is 13.1. The van der Waals surface area contributed by atoms with Crippen molar-refractivity contribution < 1.29 is 4.42 Å². The minimum atomic E-state index is 0.734. The zero-order valence-corrected chi connectivity index (χ0v) is 16.1. The highest BCUT2D eigenvalue weighted by molar-refractivity contribution is 5.79. The summed E-state index contributed by atoms with van der Waals surface area (Å²) in [5, 5.41) is 0. The van der Waals surface area contributed by atoms with Gasteiger partial charge in [-0.1, -0.05) is 61.5 Å². The molecule has 0 aliphatic carbocycles. The molecular weight excluding hydrogens is 332 g/mol. The van der Waals surface area contributed by atoms with E-state index in [1.165, 1.54) is 16.7 Å². The van der Waals surface area contributed by atoms with Crippen molar-refractivity contribution >= 4 is 11.1 Å². The van der Waals surface area contributed by atoms with Gasteiger partial charge in [0.1, 0.15) is 17.1 Å². The standard InChI is InChI=1S/C24H24N2O/c1-4-21-24-23(16(2)17(3)27-24)26-22(25-21)15-20-12-10-19(11-13-20)14-18-8-6-5-7-9-18/h5-13H,4,14-15H2,1-3H3. The lowest BCUT2D eigenvalue weighted by atomic mass is 10.0. The number of fused-ring (bicyclic) bond motifs is 1. The van der Waals surface area contributed by atoms with E-state index in [0.717, 1.165) is 53.2 Å². The molecular formula is C24H24N2O. The number of hydrogen-bond acceptors (Lipinski definition) is 3. The van der Waals surface area contributed by atoms with Gasteiger partial charge in [-0.25, -0.2) is 9.97 Å². The summed E-state index contributed by atoms with van der Waals surface area (Å²) in [6.07, 6.45) is 2.53. The van der Waals surface area contributed by atoms with Crippen molar-refractivity contribution in [3.05, 3.63) is 94.1 Å². The Balaban J connectivity index is 1.57. The summed E-state index contributed by atoms with van der Waals surface area (Å²) in [7, 11) is 0. The summed E-state index contributed by atoms with van der Waals surface area (Å²) in [4.78, 5) is 9.54. The van der Waals surface area contributed by atoms with Crippen LogP contribution < -0.4 is 0 Å². The smallest absolute Gasteiger partial charge is 0.174 e. The molecule has 0 atom stereocenters. The normalized spacial score (nSPS) is 11.2. The molecule has 4 rings (SSSR count). The topological polar surface area (TPSA) is 38.9 Å². The van der Waals surface area contributed by atoms with Crippen LogP contribution >= 0.6 is 0 Å². The molecule has 2 aromatic heterocycles. The molecule has 27 heavy (non-hydrogen) atoms. The molecule has 0 unspecified atom stereocenters. The van der Waals surface area contributed by atoms with Crippen LogP contribution in [0.3, 0.4) is 0 Å². The Labute approximate surface area is 160 Å². The first-order valence-electron chi connectivity index (χ1n) is 9.51. The monoisotopic (exact) mass is 356 g/mol. The molecule has 0 N–H and O–H groups in total. The fraction of sp³-hybridized carbons (Fsp3) is 0.250. The van der Waals surface area contributed by atoms with Crippen molar-refractivity contribution in [3.63, 3.8) is 0 Å². The predicted molar refractivity (Wildman–Crippen MR) is 109 cm³/mol. The highest BCUT2D eigenvalue weighted by Crippen LogP contribution is 2.26. The van der Waals surface area contributed by atoms with Crippen LogP contribution in [0, 0.1) is 13.8 Å². The Hall–Kier alpha value is -2.94. The van der Waals surface area contributed by atoms with Gasteiger partial charge in [0, 0.05) is 12.0 Å². The van der Waals surface area contributed by atoms with E-state index in [2.05, 4.69) is 68.4 Å². The third-order valence-electron chi connectivity index (χ3n) is 5.09. The number of rotatable bonds is 5. The van der Waals surface area contributed by atoms with E-state index in [-0.39, 0.29) is 0 Å². The molecule has 0 fully saturated rings. The van der Waals surface area contributed by atoms with Crippen LogP contribution in [0.25, 0.3) is 11.1 Å². The van der Waals surface area contributed by atoms with Gasteiger partial charge in [-0.15, -0.1) is 0 Å². The van der Waals surface area contributed by atoms with Crippen molar-refractivity contribution in [1.82, 2.24) is 9.97 Å².